The summed E-state index contributed by atoms with van der Waals surface area (Å²) in [6.07, 6.45) is 2.33. The zero-order valence-corrected chi connectivity index (χ0v) is 7.09. The maximum atomic E-state index is 12.6. The number of rotatable bonds is 4. The van der Waals surface area contributed by atoms with Gasteiger partial charge in [0.05, 0.1) is 6.61 Å². The maximum Gasteiger partial charge on any atom is 0.129 e. The van der Waals surface area contributed by atoms with Crippen molar-refractivity contribution in [3.63, 3.8) is 0 Å². The van der Waals surface area contributed by atoms with Crippen LogP contribution in [0.4, 0.5) is 8.78 Å². The Hall–Kier alpha value is -1.38. The van der Waals surface area contributed by atoms with Gasteiger partial charge in [-0.1, -0.05) is 6.08 Å². The molecule has 0 saturated carbocycles. The predicted octanol–water partition coefficient (Wildman–Crippen LogP) is 2.92. The van der Waals surface area contributed by atoms with Crippen LogP contribution >= 0.6 is 0 Å². The smallest absolute Gasteiger partial charge is 0.129 e. The molecule has 0 aliphatic rings. The van der Waals surface area contributed by atoms with E-state index in [0.717, 1.165) is 18.2 Å². The molecule has 0 aliphatic carbocycles. The van der Waals surface area contributed by atoms with Gasteiger partial charge in [-0.25, -0.2) is 8.78 Å². The third kappa shape index (κ3) is 3.23. The van der Waals surface area contributed by atoms with Crippen molar-refractivity contribution >= 4 is 0 Å². The standard InChI is InChI=1S/C10H10F2O/c1-2-3-4-13-10-6-8(11)5-9(12)7-10/h2,5-7H,1,3-4H2. The van der Waals surface area contributed by atoms with E-state index >= 15 is 0 Å². The van der Waals surface area contributed by atoms with E-state index in [1.807, 2.05) is 0 Å². The minimum Gasteiger partial charge on any atom is -0.493 e. The lowest BCUT2D eigenvalue weighted by Gasteiger charge is -2.03. The Morgan fingerprint density at radius 2 is 1.85 bits per heavy atom. The first-order valence-electron chi connectivity index (χ1n) is 3.92. The first-order valence-corrected chi connectivity index (χ1v) is 3.92. The molecule has 3 heteroatoms. The summed E-state index contributed by atoms with van der Waals surface area (Å²) in [5, 5.41) is 0. The van der Waals surface area contributed by atoms with Gasteiger partial charge in [0.15, 0.2) is 0 Å². The average Bonchev–Trinajstić information content (AvgIpc) is 2.03. The van der Waals surface area contributed by atoms with Gasteiger partial charge in [0.1, 0.15) is 17.4 Å². The van der Waals surface area contributed by atoms with Crippen LogP contribution in [0.2, 0.25) is 0 Å². The minimum atomic E-state index is -0.631. The second-order valence-electron chi connectivity index (χ2n) is 2.53. The molecule has 0 amide bonds. The molecule has 1 rings (SSSR count). The Morgan fingerprint density at radius 1 is 1.23 bits per heavy atom. The fourth-order valence-corrected chi connectivity index (χ4v) is 0.872. The van der Waals surface area contributed by atoms with Crippen LogP contribution in [0, 0.1) is 11.6 Å². The lowest BCUT2D eigenvalue weighted by Crippen LogP contribution is -1.96. The predicted molar refractivity (Wildman–Crippen MR) is 46.7 cm³/mol. The van der Waals surface area contributed by atoms with Gasteiger partial charge in [-0.15, -0.1) is 6.58 Å². The molecular weight excluding hydrogens is 174 g/mol. The fourth-order valence-electron chi connectivity index (χ4n) is 0.872. The molecule has 0 spiro atoms. The van der Waals surface area contributed by atoms with Crippen molar-refractivity contribution in [2.75, 3.05) is 6.61 Å². The number of ether oxygens (including phenoxy) is 1. The highest BCUT2D eigenvalue weighted by Gasteiger charge is 2.00. The molecule has 0 heterocycles. The molecule has 0 unspecified atom stereocenters. The Kier molecular flexibility index (Phi) is 3.43. The summed E-state index contributed by atoms with van der Waals surface area (Å²) in [6, 6.07) is 3.10. The summed E-state index contributed by atoms with van der Waals surface area (Å²) >= 11 is 0. The van der Waals surface area contributed by atoms with Crippen LogP contribution in [0.25, 0.3) is 0 Å². The minimum absolute atomic E-state index is 0.208. The van der Waals surface area contributed by atoms with Crippen molar-refractivity contribution < 1.29 is 13.5 Å². The van der Waals surface area contributed by atoms with E-state index in [1.165, 1.54) is 0 Å². The summed E-state index contributed by atoms with van der Waals surface area (Å²) in [6.45, 7) is 3.88. The van der Waals surface area contributed by atoms with Crippen molar-refractivity contribution in [2.45, 2.75) is 6.42 Å². The largest absolute Gasteiger partial charge is 0.493 e. The van der Waals surface area contributed by atoms with Crippen LogP contribution in [-0.4, -0.2) is 6.61 Å². The highest BCUT2D eigenvalue weighted by molar-refractivity contribution is 5.23. The average molecular weight is 184 g/mol. The molecule has 0 atom stereocenters. The quantitative estimate of drug-likeness (QED) is 0.516. The third-order valence-corrected chi connectivity index (χ3v) is 1.43. The van der Waals surface area contributed by atoms with Crippen LogP contribution in [0.1, 0.15) is 6.42 Å². The maximum absolute atomic E-state index is 12.6. The van der Waals surface area contributed by atoms with Gasteiger partial charge >= 0.3 is 0 Å². The molecule has 0 N–H and O–H groups in total. The van der Waals surface area contributed by atoms with Gasteiger partial charge in [-0.3, -0.25) is 0 Å². The van der Waals surface area contributed by atoms with Crippen molar-refractivity contribution in [1.29, 1.82) is 0 Å². The number of halogens is 2. The molecule has 13 heavy (non-hydrogen) atoms. The Morgan fingerprint density at radius 3 is 2.38 bits per heavy atom. The van der Waals surface area contributed by atoms with E-state index in [2.05, 4.69) is 6.58 Å². The van der Waals surface area contributed by atoms with Crippen LogP contribution in [-0.2, 0) is 0 Å². The SMILES string of the molecule is C=CCCOc1cc(F)cc(F)c1. The van der Waals surface area contributed by atoms with Crippen molar-refractivity contribution in [3.05, 3.63) is 42.5 Å². The summed E-state index contributed by atoms with van der Waals surface area (Å²) in [4.78, 5) is 0. The molecule has 70 valence electrons. The highest BCUT2D eigenvalue weighted by atomic mass is 19.1. The summed E-state index contributed by atoms with van der Waals surface area (Å²) < 4.78 is 30.3. The van der Waals surface area contributed by atoms with Crippen LogP contribution < -0.4 is 4.74 Å². The van der Waals surface area contributed by atoms with Crippen molar-refractivity contribution in [3.8, 4) is 5.75 Å². The van der Waals surface area contributed by atoms with Crippen molar-refractivity contribution in [2.24, 2.45) is 0 Å². The van der Waals surface area contributed by atoms with Crippen LogP contribution in [0.15, 0.2) is 30.9 Å². The van der Waals surface area contributed by atoms with E-state index in [0.29, 0.717) is 13.0 Å². The van der Waals surface area contributed by atoms with Crippen LogP contribution in [0.3, 0.4) is 0 Å². The molecule has 1 aromatic carbocycles. The van der Waals surface area contributed by atoms with E-state index < -0.39 is 11.6 Å². The van der Waals surface area contributed by atoms with Gasteiger partial charge < -0.3 is 4.74 Å². The number of benzene rings is 1. The van der Waals surface area contributed by atoms with Gasteiger partial charge in [-0.05, 0) is 6.42 Å². The molecule has 0 fully saturated rings. The summed E-state index contributed by atoms with van der Waals surface area (Å²) in [7, 11) is 0. The van der Waals surface area contributed by atoms with E-state index in [4.69, 9.17) is 4.74 Å². The van der Waals surface area contributed by atoms with E-state index in [1.54, 1.807) is 6.08 Å². The van der Waals surface area contributed by atoms with Gasteiger partial charge in [0.25, 0.3) is 0 Å². The number of hydrogen-bond donors (Lipinski definition) is 0. The summed E-state index contributed by atoms with van der Waals surface area (Å²) in [5.41, 5.74) is 0. The van der Waals surface area contributed by atoms with E-state index in [-0.39, 0.29) is 5.75 Å². The summed E-state index contributed by atoms with van der Waals surface area (Å²) in [5.74, 6) is -1.05. The normalized spacial score (nSPS) is 9.69. The molecule has 0 saturated heterocycles. The Bertz CT molecular complexity index is 277. The molecule has 0 bridgehead atoms. The lowest BCUT2D eigenvalue weighted by atomic mass is 10.3. The topological polar surface area (TPSA) is 9.23 Å². The monoisotopic (exact) mass is 184 g/mol. The first kappa shape index (κ1) is 9.71. The lowest BCUT2D eigenvalue weighted by molar-refractivity contribution is 0.321. The molecule has 1 nitrogen and oxygen atoms in total. The molecule has 0 aliphatic heterocycles. The highest BCUT2D eigenvalue weighted by Crippen LogP contribution is 2.15. The van der Waals surface area contributed by atoms with Gasteiger partial charge in [0.2, 0.25) is 0 Å². The van der Waals surface area contributed by atoms with Gasteiger partial charge in [0, 0.05) is 18.2 Å². The second-order valence-corrected chi connectivity index (χ2v) is 2.53. The first-order chi connectivity index (χ1) is 6.22. The fraction of sp³-hybridized carbons (Fsp3) is 0.200. The van der Waals surface area contributed by atoms with Gasteiger partial charge in [-0.2, -0.15) is 0 Å². The molecular formula is C10H10F2O. The molecule has 0 radical (unpaired) electrons. The van der Waals surface area contributed by atoms with Crippen molar-refractivity contribution in [1.82, 2.24) is 0 Å². The second kappa shape index (κ2) is 4.60. The molecule has 0 aromatic heterocycles. The third-order valence-electron chi connectivity index (χ3n) is 1.43. The van der Waals surface area contributed by atoms with E-state index in [9.17, 15) is 8.78 Å². The number of hydrogen-bond acceptors (Lipinski definition) is 1. The zero-order chi connectivity index (χ0) is 9.68. The Labute approximate surface area is 75.6 Å². The zero-order valence-electron chi connectivity index (χ0n) is 7.09. The molecule has 1 aromatic rings. The Balaban J connectivity index is 2.60. The van der Waals surface area contributed by atoms with Crippen LogP contribution in [0.5, 0.6) is 5.75 Å².